The van der Waals surface area contributed by atoms with Gasteiger partial charge in [0.2, 0.25) is 17.5 Å². The molecule has 0 radical (unpaired) electrons. The number of benzene rings is 2. The number of carbonyl (C=O) groups is 2. The van der Waals surface area contributed by atoms with Gasteiger partial charge in [-0.1, -0.05) is 36.9 Å². The number of imide groups is 1. The van der Waals surface area contributed by atoms with E-state index in [1.54, 1.807) is 47.2 Å². The fraction of sp³-hybridized carbons (Fsp3) is 0.326. The van der Waals surface area contributed by atoms with E-state index in [-0.39, 0.29) is 36.1 Å². The molecule has 3 amide bonds. The molecule has 2 fully saturated rings. The average molecular weight is 882 g/mol. The highest BCUT2D eigenvalue weighted by molar-refractivity contribution is 7.90. The van der Waals surface area contributed by atoms with E-state index in [0.717, 1.165) is 48.0 Å². The van der Waals surface area contributed by atoms with Gasteiger partial charge >= 0.3 is 6.03 Å². The molecule has 2 saturated heterocycles. The number of anilines is 3. The quantitative estimate of drug-likeness (QED) is 0.0853. The SMILES string of the molecule is C=C/C=C\C=C(/CF)Nc1nc2c(OC(C)C)c(/C(C=N)=C/N)ncn2n1.CC1CN(c2ccc3c(N4CCC(=O)NC4=O)nn(C)c3c2)CCN1Cc1cccc(S(C)(=O)=O)c1. The fourth-order valence-corrected chi connectivity index (χ4v) is 7.80. The van der Waals surface area contributed by atoms with Crippen LogP contribution in [0.3, 0.4) is 0 Å². The van der Waals surface area contributed by atoms with Crippen molar-refractivity contribution in [1.82, 2.24) is 39.6 Å². The Balaban J connectivity index is 0.000000219. The van der Waals surface area contributed by atoms with E-state index in [1.807, 2.05) is 33.0 Å². The number of sulfone groups is 1. The Kier molecular flexibility index (Phi) is 14.4. The number of carbonyl (C=O) groups excluding carboxylic acids is 2. The molecule has 1 atom stereocenters. The lowest BCUT2D eigenvalue weighted by Crippen LogP contribution is -2.51. The molecule has 20 heteroatoms. The number of nitrogens with two attached hydrogens (primary N) is 1. The number of nitrogens with one attached hydrogen (secondary N) is 3. The van der Waals surface area contributed by atoms with Gasteiger partial charge in [-0.05, 0) is 62.7 Å². The van der Waals surface area contributed by atoms with Crippen molar-refractivity contribution >= 4 is 67.6 Å². The van der Waals surface area contributed by atoms with Crippen LogP contribution >= 0.6 is 0 Å². The molecule has 2 aliphatic rings. The van der Waals surface area contributed by atoms with E-state index in [4.69, 9.17) is 15.9 Å². The van der Waals surface area contributed by atoms with Crippen molar-refractivity contribution in [3.8, 4) is 5.75 Å². The number of hydrogen-bond acceptors (Lipinski definition) is 14. The minimum Gasteiger partial charge on any atom is -0.485 e. The lowest BCUT2D eigenvalue weighted by molar-refractivity contribution is -0.120. The van der Waals surface area contributed by atoms with Crippen molar-refractivity contribution in [2.24, 2.45) is 12.8 Å². The lowest BCUT2D eigenvalue weighted by Gasteiger charge is -2.41. The molecule has 3 aromatic heterocycles. The molecular formula is C43H52FN13O5S. The maximum Gasteiger partial charge on any atom is 0.329 e. The van der Waals surface area contributed by atoms with Crippen LogP contribution in [0.4, 0.5) is 26.6 Å². The van der Waals surface area contributed by atoms with E-state index >= 15 is 0 Å². The minimum absolute atomic E-state index is 0.167. The van der Waals surface area contributed by atoms with Crippen LogP contribution in [0.2, 0.25) is 0 Å². The Morgan fingerprint density at radius 2 is 1.94 bits per heavy atom. The van der Waals surface area contributed by atoms with E-state index in [9.17, 15) is 22.4 Å². The number of hydrogen-bond donors (Lipinski definition) is 4. The number of ether oxygens (including phenoxy) is 1. The molecule has 63 heavy (non-hydrogen) atoms. The first-order valence-corrected chi connectivity index (χ1v) is 22.0. The molecule has 332 valence electrons. The summed E-state index contributed by atoms with van der Waals surface area (Å²) in [7, 11) is -1.38. The number of aromatic nitrogens is 6. The molecule has 5 heterocycles. The molecule has 2 aliphatic heterocycles. The predicted octanol–water partition coefficient (Wildman–Crippen LogP) is 5.00. The Morgan fingerprint density at radius 3 is 2.60 bits per heavy atom. The Hall–Kier alpha value is -6.93. The topological polar surface area (TPSA) is 222 Å². The number of rotatable bonds is 14. The van der Waals surface area contributed by atoms with Crippen LogP contribution in [-0.2, 0) is 28.2 Å². The smallest absolute Gasteiger partial charge is 0.329 e. The molecule has 1 unspecified atom stereocenters. The average Bonchev–Trinajstić information content (AvgIpc) is 3.82. The summed E-state index contributed by atoms with van der Waals surface area (Å²) in [5.41, 5.74) is 9.98. The number of nitrogens with zero attached hydrogens (tertiary/aromatic N) is 9. The normalized spacial score (nSPS) is 16.7. The highest BCUT2D eigenvalue weighted by Gasteiger charge is 2.29. The summed E-state index contributed by atoms with van der Waals surface area (Å²) in [4.78, 5) is 39.1. The summed E-state index contributed by atoms with van der Waals surface area (Å²) in [6.07, 6.45) is 11.6. The van der Waals surface area contributed by atoms with E-state index < -0.39 is 22.5 Å². The molecule has 0 saturated carbocycles. The molecule has 0 aliphatic carbocycles. The van der Waals surface area contributed by atoms with Crippen molar-refractivity contribution < 1.29 is 27.1 Å². The fourth-order valence-electron chi connectivity index (χ4n) is 7.11. The number of aryl methyl sites for hydroxylation is 1. The second kappa shape index (κ2) is 19.8. The van der Waals surface area contributed by atoms with Crippen LogP contribution in [0.1, 0.15) is 38.4 Å². The van der Waals surface area contributed by atoms with Gasteiger partial charge in [-0.25, -0.2) is 22.6 Å². The molecule has 5 N–H and O–H groups in total. The highest BCUT2D eigenvalue weighted by atomic mass is 32.2. The summed E-state index contributed by atoms with van der Waals surface area (Å²) in [5.74, 6) is 0.811. The molecule has 0 bridgehead atoms. The zero-order chi connectivity index (χ0) is 45.4. The number of fused-ring (bicyclic) bond motifs is 2. The molecular weight excluding hydrogens is 830 g/mol. The number of alkyl halides is 1. The van der Waals surface area contributed by atoms with Gasteiger partial charge in [0.15, 0.2) is 21.4 Å². The van der Waals surface area contributed by atoms with Crippen molar-refractivity contribution in [1.29, 1.82) is 5.41 Å². The monoisotopic (exact) mass is 881 g/mol. The second-order valence-corrected chi connectivity index (χ2v) is 17.2. The van der Waals surface area contributed by atoms with Gasteiger partial charge in [0.25, 0.3) is 0 Å². The van der Waals surface area contributed by atoms with Crippen molar-refractivity contribution in [2.45, 2.75) is 50.8 Å². The van der Waals surface area contributed by atoms with Gasteiger partial charge in [-0.15, -0.1) is 5.10 Å². The van der Waals surface area contributed by atoms with Gasteiger partial charge in [-0.2, -0.15) is 14.6 Å². The molecule has 18 nitrogen and oxygen atoms in total. The van der Waals surface area contributed by atoms with E-state index in [1.165, 1.54) is 28.2 Å². The van der Waals surface area contributed by atoms with Gasteiger partial charge in [0.1, 0.15) is 18.7 Å². The number of urea groups is 1. The highest BCUT2D eigenvalue weighted by Crippen LogP contribution is 2.32. The van der Waals surface area contributed by atoms with Gasteiger partial charge in [-0.3, -0.25) is 24.6 Å². The third-order valence-corrected chi connectivity index (χ3v) is 11.3. The predicted molar refractivity (Wildman–Crippen MR) is 242 cm³/mol. The lowest BCUT2D eigenvalue weighted by atomic mass is 10.1. The summed E-state index contributed by atoms with van der Waals surface area (Å²) < 4.78 is 46.1. The first kappa shape index (κ1) is 45.6. The van der Waals surface area contributed by atoms with Crippen LogP contribution < -0.4 is 30.9 Å². The van der Waals surface area contributed by atoms with Crippen LogP contribution in [0.5, 0.6) is 5.75 Å². The zero-order valence-corrected chi connectivity index (χ0v) is 36.6. The Morgan fingerprint density at radius 1 is 1.14 bits per heavy atom. The van der Waals surface area contributed by atoms with Crippen molar-refractivity contribution in [3.05, 3.63) is 103 Å². The number of piperazine rings is 1. The van der Waals surface area contributed by atoms with Crippen LogP contribution in [0.25, 0.3) is 22.1 Å². The first-order valence-electron chi connectivity index (χ1n) is 20.2. The van der Waals surface area contributed by atoms with E-state index in [2.05, 4.69) is 66.2 Å². The summed E-state index contributed by atoms with van der Waals surface area (Å²) in [6, 6.07) is 13.1. The molecule has 5 aromatic rings. The zero-order valence-electron chi connectivity index (χ0n) is 35.8. The van der Waals surface area contributed by atoms with Crippen molar-refractivity contribution in [2.75, 3.05) is 54.2 Å². The Labute approximate surface area is 365 Å². The Bertz CT molecular complexity index is 2730. The number of halogens is 1. The van der Waals surface area contributed by atoms with Gasteiger partial charge in [0, 0.05) is 93.2 Å². The summed E-state index contributed by atoms with van der Waals surface area (Å²) >= 11 is 0. The second-order valence-electron chi connectivity index (χ2n) is 15.2. The standard InChI is InChI=1S/C25H30N6O4S.C18H22FN7O/c1-17-15-30(12-11-29(17)16-18-5-4-6-20(13-18)36(3,34)35)19-7-8-21-22(14-19)28(2)27-24(21)31-10-9-23(32)26-25(31)33;1-4-5-6-7-14(8-19)23-18-24-17-16(27-12(2)3)15(13(9-20)10-21)22-11-26(17)25-18/h4-8,13-14,17H,9-12,15-16H2,1-3H3,(H,26,32,33);4-7,9-12,20H,1,8,21H2,2-3H3,(H,23,25)/b;6-5-,13-10+,14-7+,20-9?. The largest absolute Gasteiger partial charge is 0.485 e. The summed E-state index contributed by atoms with van der Waals surface area (Å²) in [5, 5.41) is 22.4. The number of amides is 3. The number of allylic oxidation sites excluding steroid dienone is 6. The molecule has 0 spiro atoms. The summed E-state index contributed by atoms with van der Waals surface area (Å²) in [6.45, 7) is 12.3. The van der Waals surface area contributed by atoms with E-state index in [0.29, 0.717) is 46.5 Å². The maximum atomic E-state index is 13.2. The third kappa shape index (κ3) is 10.8. The molecule has 2 aromatic carbocycles. The van der Waals surface area contributed by atoms with Gasteiger partial charge in [0.05, 0.1) is 16.5 Å². The van der Waals surface area contributed by atoms with Crippen LogP contribution in [-0.4, -0.2) is 112 Å². The maximum absolute atomic E-state index is 13.2. The van der Waals surface area contributed by atoms with Crippen LogP contribution in [0.15, 0.2) is 96.5 Å². The third-order valence-electron chi connectivity index (χ3n) is 10.2. The van der Waals surface area contributed by atoms with Gasteiger partial charge < -0.3 is 26.1 Å². The van der Waals surface area contributed by atoms with Crippen LogP contribution in [0, 0.1) is 5.41 Å². The van der Waals surface area contributed by atoms with Crippen molar-refractivity contribution in [3.63, 3.8) is 0 Å². The minimum atomic E-state index is -3.23. The molecule has 7 rings (SSSR count). The first-order chi connectivity index (χ1) is 30.1.